The number of carbonyl (C=O) groups is 1. The van der Waals surface area contributed by atoms with Gasteiger partial charge in [-0.1, -0.05) is 25.1 Å². The van der Waals surface area contributed by atoms with Gasteiger partial charge in [0.05, 0.1) is 0 Å². The van der Waals surface area contributed by atoms with Gasteiger partial charge in [-0.15, -0.1) is 10.2 Å². The third-order valence-electron chi connectivity index (χ3n) is 3.80. The van der Waals surface area contributed by atoms with Gasteiger partial charge in [0.1, 0.15) is 6.10 Å². The number of nitrogens with one attached hydrogen (secondary N) is 2. The van der Waals surface area contributed by atoms with Gasteiger partial charge in [-0.3, -0.25) is 4.79 Å². The van der Waals surface area contributed by atoms with E-state index in [0.717, 1.165) is 24.9 Å². The molecule has 0 saturated carbocycles. The number of carbonyl (C=O) groups excluding carboxylic acids is 1. The Morgan fingerprint density at radius 1 is 1.22 bits per heavy atom. The smallest absolute Gasteiger partial charge is 0.254 e. The minimum Gasteiger partial charge on any atom is -0.368 e. The van der Waals surface area contributed by atoms with E-state index in [1.54, 1.807) is 12.1 Å². The van der Waals surface area contributed by atoms with E-state index in [0.29, 0.717) is 18.2 Å². The molecular formula is C17H20N4O2. The van der Waals surface area contributed by atoms with Gasteiger partial charge in [-0.2, -0.15) is 0 Å². The van der Waals surface area contributed by atoms with Gasteiger partial charge in [0.2, 0.25) is 0 Å². The summed E-state index contributed by atoms with van der Waals surface area (Å²) in [5.74, 6) is 0.912. The van der Waals surface area contributed by atoms with Crippen LogP contribution in [0.3, 0.4) is 0 Å². The fraction of sp³-hybridized carbons (Fsp3) is 0.353. The molecule has 0 spiro atoms. The highest BCUT2D eigenvalue weighted by Gasteiger charge is 2.23. The fourth-order valence-electron chi connectivity index (χ4n) is 2.55. The zero-order chi connectivity index (χ0) is 16.1. The van der Waals surface area contributed by atoms with Gasteiger partial charge in [0.25, 0.3) is 5.91 Å². The van der Waals surface area contributed by atoms with E-state index < -0.39 is 0 Å². The summed E-state index contributed by atoms with van der Waals surface area (Å²) < 4.78 is 5.34. The molecule has 2 heterocycles. The Hall–Kier alpha value is -2.47. The Bertz CT molecular complexity index is 667. The number of ether oxygens (including phenoxy) is 1. The number of amides is 1. The van der Waals surface area contributed by atoms with Crippen LogP contribution in [0.5, 0.6) is 0 Å². The number of rotatable bonds is 5. The summed E-state index contributed by atoms with van der Waals surface area (Å²) in [6.07, 6.45) is 2.24. The maximum atomic E-state index is 12.0. The highest BCUT2D eigenvalue weighted by atomic mass is 16.5. The first-order valence-corrected chi connectivity index (χ1v) is 7.87. The Labute approximate surface area is 135 Å². The third kappa shape index (κ3) is 3.84. The highest BCUT2D eigenvalue weighted by molar-refractivity contribution is 5.93. The second-order valence-corrected chi connectivity index (χ2v) is 5.43. The van der Waals surface area contributed by atoms with Gasteiger partial charge in [0.15, 0.2) is 11.6 Å². The molecular weight excluding hydrogens is 292 g/mol. The molecule has 1 aliphatic heterocycles. The maximum Gasteiger partial charge on any atom is 0.254 e. The van der Waals surface area contributed by atoms with Crippen molar-refractivity contribution < 1.29 is 9.53 Å². The molecule has 23 heavy (non-hydrogen) atoms. The summed E-state index contributed by atoms with van der Waals surface area (Å²) in [4.78, 5) is 12.0. The van der Waals surface area contributed by atoms with E-state index >= 15 is 0 Å². The molecule has 1 aromatic carbocycles. The van der Waals surface area contributed by atoms with E-state index in [9.17, 15) is 4.79 Å². The third-order valence-corrected chi connectivity index (χ3v) is 3.80. The van der Waals surface area contributed by atoms with Crippen molar-refractivity contribution in [1.82, 2.24) is 10.2 Å². The molecule has 2 aromatic rings. The molecule has 1 unspecified atom stereocenters. The topological polar surface area (TPSA) is 76.1 Å². The summed E-state index contributed by atoms with van der Waals surface area (Å²) in [5, 5.41) is 14.1. The van der Waals surface area contributed by atoms with Crippen LogP contribution in [0, 0.1) is 0 Å². The lowest BCUT2D eigenvalue weighted by Crippen LogP contribution is -2.27. The van der Waals surface area contributed by atoms with Gasteiger partial charge in [-0.05, 0) is 43.0 Å². The molecule has 3 rings (SSSR count). The molecule has 0 radical (unpaired) electrons. The first-order valence-electron chi connectivity index (χ1n) is 7.87. The largest absolute Gasteiger partial charge is 0.368 e. The summed E-state index contributed by atoms with van der Waals surface area (Å²) >= 11 is 0. The van der Waals surface area contributed by atoms with Gasteiger partial charge in [-0.25, -0.2) is 0 Å². The van der Waals surface area contributed by atoms with Crippen LogP contribution in [-0.4, -0.2) is 28.8 Å². The van der Waals surface area contributed by atoms with Crippen LogP contribution in [0.2, 0.25) is 0 Å². The Morgan fingerprint density at radius 3 is 2.70 bits per heavy atom. The number of anilines is 3. The number of nitrogens with zero attached hydrogens (tertiary/aromatic N) is 2. The number of hydrogen-bond donors (Lipinski definition) is 2. The molecule has 120 valence electrons. The maximum absolute atomic E-state index is 12.0. The Balaban J connectivity index is 1.63. The molecule has 1 aliphatic rings. The molecule has 2 N–H and O–H groups in total. The standard InChI is InChI=1S/C17H20N4O2/c1-2-12-6-3-4-7-13(12)18-15-9-10-16(21-20-15)19-17(22)14-8-5-11-23-14/h3-4,6-7,9-10,14H,2,5,8,11H2,1H3,(H,18,20)(H,19,21,22). The minimum atomic E-state index is -0.369. The van der Waals surface area contributed by atoms with Gasteiger partial charge >= 0.3 is 0 Å². The molecule has 1 atom stereocenters. The lowest BCUT2D eigenvalue weighted by molar-refractivity contribution is -0.124. The van der Waals surface area contributed by atoms with Gasteiger partial charge in [0, 0.05) is 12.3 Å². The lowest BCUT2D eigenvalue weighted by Gasteiger charge is -2.11. The highest BCUT2D eigenvalue weighted by Crippen LogP contribution is 2.20. The molecule has 0 bridgehead atoms. The van der Waals surface area contributed by atoms with Crippen LogP contribution in [0.1, 0.15) is 25.3 Å². The van der Waals surface area contributed by atoms with Crippen molar-refractivity contribution in [2.45, 2.75) is 32.3 Å². The number of hydrogen-bond acceptors (Lipinski definition) is 5. The fourth-order valence-corrected chi connectivity index (χ4v) is 2.55. The SMILES string of the molecule is CCc1ccccc1Nc1ccc(NC(=O)C2CCCO2)nn1. The second-order valence-electron chi connectivity index (χ2n) is 5.43. The number of para-hydroxylation sites is 1. The van der Waals surface area contributed by atoms with Crippen molar-refractivity contribution in [3.8, 4) is 0 Å². The van der Waals surface area contributed by atoms with E-state index in [4.69, 9.17) is 4.74 Å². The summed E-state index contributed by atoms with van der Waals surface area (Å²) in [6.45, 7) is 2.75. The van der Waals surface area contributed by atoms with Crippen LogP contribution < -0.4 is 10.6 Å². The average Bonchev–Trinajstić information content (AvgIpc) is 3.12. The predicted octanol–water partition coefficient (Wildman–Crippen LogP) is 2.90. The Kier molecular flexibility index (Phi) is 4.83. The first kappa shape index (κ1) is 15.4. The molecule has 6 heteroatoms. The summed E-state index contributed by atoms with van der Waals surface area (Å²) in [5.41, 5.74) is 2.23. The van der Waals surface area contributed by atoms with Crippen molar-refractivity contribution in [1.29, 1.82) is 0 Å². The first-order chi connectivity index (χ1) is 11.3. The molecule has 1 fully saturated rings. The van der Waals surface area contributed by atoms with Crippen LogP contribution in [-0.2, 0) is 16.0 Å². The van der Waals surface area contributed by atoms with Crippen molar-refractivity contribution in [3.05, 3.63) is 42.0 Å². The second kappa shape index (κ2) is 7.19. The molecule has 1 aromatic heterocycles. The predicted molar refractivity (Wildman–Crippen MR) is 88.7 cm³/mol. The lowest BCUT2D eigenvalue weighted by atomic mass is 10.1. The van der Waals surface area contributed by atoms with Crippen molar-refractivity contribution in [2.24, 2.45) is 0 Å². The number of aromatic nitrogens is 2. The minimum absolute atomic E-state index is 0.158. The van der Waals surface area contributed by atoms with Crippen molar-refractivity contribution in [3.63, 3.8) is 0 Å². The number of aryl methyl sites for hydroxylation is 1. The zero-order valence-corrected chi connectivity index (χ0v) is 13.1. The van der Waals surface area contributed by atoms with Crippen LogP contribution >= 0.6 is 0 Å². The van der Waals surface area contributed by atoms with E-state index in [1.165, 1.54) is 5.56 Å². The molecule has 6 nitrogen and oxygen atoms in total. The average molecular weight is 312 g/mol. The normalized spacial score (nSPS) is 17.0. The van der Waals surface area contributed by atoms with E-state index in [-0.39, 0.29) is 12.0 Å². The number of benzene rings is 1. The molecule has 1 amide bonds. The zero-order valence-electron chi connectivity index (χ0n) is 13.1. The van der Waals surface area contributed by atoms with Crippen molar-refractivity contribution in [2.75, 3.05) is 17.2 Å². The van der Waals surface area contributed by atoms with Crippen LogP contribution in [0.4, 0.5) is 17.3 Å². The van der Waals surface area contributed by atoms with Crippen molar-refractivity contribution >= 4 is 23.2 Å². The summed E-state index contributed by atoms with van der Waals surface area (Å²) in [7, 11) is 0. The van der Waals surface area contributed by atoms with E-state index in [1.807, 2.05) is 18.2 Å². The molecule has 1 saturated heterocycles. The van der Waals surface area contributed by atoms with Crippen LogP contribution in [0.25, 0.3) is 0 Å². The quantitative estimate of drug-likeness (QED) is 0.888. The van der Waals surface area contributed by atoms with Gasteiger partial charge < -0.3 is 15.4 Å². The summed E-state index contributed by atoms with van der Waals surface area (Å²) in [6, 6.07) is 11.6. The van der Waals surface area contributed by atoms with Crippen LogP contribution in [0.15, 0.2) is 36.4 Å². The Morgan fingerprint density at radius 2 is 2.00 bits per heavy atom. The molecule has 0 aliphatic carbocycles. The van der Waals surface area contributed by atoms with E-state index in [2.05, 4.69) is 33.8 Å². The monoisotopic (exact) mass is 312 g/mol.